The van der Waals surface area contributed by atoms with Crippen molar-refractivity contribution in [2.45, 2.75) is 29.8 Å². The van der Waals surface area contributed by atoms with Crippen molar-refractivity contribution in [2.24, 2.45) is 0 Å². The molecular formula is C8H13N3O3S. The van der Waals surface area contributed by atoms with Crippen LogP contribution in [-0.2, 0) is 10.0 Å². The molecule has 0 aliphatic heterocycles. The second-order valence-electron chi connectivity index (χ2n) is 3.82. The number of hydrogen-bond acceptors (Lipinski definition) is 4. The monoisotopic (exact) mass is 231 g/mol. The second kappa shape index (κ2) is 3.58. The molecular weight excluding hydrogens is 218 g/mol. The Kier molecular flexibility index (Phi) is 2.53. The van der Waals surface area contributed by atoms with Gasteiger partial charge in [-0.05, 0) is 25.3 Å². The summed E-state index contributed by atoms with van der Waals surface area (Å²) in [5.41, 5.74) is -0.663. The molecule has 0 unspecified atom stereocenters. The van der Waals surface area contributed by atoms with Crippen molar-refractivity contribution in [3.05, 3.63) is 12.3 Å². The zero-order chi connectivity index (χ0) is 10.9. The maximum atomic E-state index is 11.8. The Balaban J connectivity index is 2.18. The molecule has 1 aliphatic rings. The Morgan fingerprint density at radius 1 is 1.60 bits per heavy atom. The number of sulfonamides is 1. The van der Waals surface area contributed by atoms with Crippen LogP contribution in [0.25, 0.3) is 0 Å². The van der Waals surface area contributed by atoms with Gasteiger partial charge in [-0.2, -0.15) is 5.10 Å². The van der Waals surface area contributed by atoms with Crippen LogP contribution in [0.3, 0.4) is 0 Å². The quantitative estimate of drug-likeness (QED) is 0.657. The molecule has 0 bridgehead atoms. The van der Waals surface area contributed by atoms with Gasteiger partial charge in [-0.1, -0.05) is 0 Å². The third kappa shape index (κ3) is 1.90. The lowest BCUT2D eigenvalue weighted by molar-refractivity contribution is 0.110. The number of nitrogens with zero attached hydrogens (tertiary/aromatic N) is 1. The number of H-pyrrole nitrogens is 1. The molecule has 0 radical (unpaired) electrons. The fourth-order valence-corrected chi connectivity index (χ4v) is 2.99. The summed E-state index contributed by atoms with van der Waals surface area (Å²) in [6.45, 7) is -0.166. The van der Waals surface area contributed by atoms with Crippen LogP contribution in [0.1, 0.15) is 19.3 Å². The molecule has 1 saturated carbocycles. The average molecular weight is 231 g/mol. The molecule has 1 aromatic rings. The molecule has 0 atom stereocenters. The third-order valence-corrected chi connectivity index (χ3v) is 4.24. The summed E-state index contributed by atoms with van der Waals surface area (Å²) >= 11 is 0. The SMILES string of the molecule is O=S(=O)(NC1(CO)CCC1)c1ccn[nH]1. The summed E-state index contributed by atoms with van der Waals surface area (Å²) in [7, 11) is -3.58. The van der Waals surface area contributed by atoms with Crippen LogP contribution < -0.4 is 4.72 Å². The number of rotatable bonds is 4. The zero-order valence-corrected chi connectivity index (χ0v) is 8.92. The first-order valence-corrected chi connectivity index (χ1v) is 6.21. The lowest BCUT2D eigenvalue weighted by atomic mass is 9.78. The predicted octanol–water partition coefficient (Wildman–Crippen LogP) is -0.397. The highest BCUT2D eigenvalue weighted by Crippen LogP contribution is 2.32. The van der Waals surface area contributed by atoms with Crippen LogP contribution in [0.15, 0.2) is 17.3 Å². The molecule has 84 valence electrons. The first kappa shape index (κ1) is 10.6. The number of aromatic amines is 1. The molecule has 1 heterocycles. The normalized spacial score (nSPS) is 19.8. The van der Waals surface area contributed by atoms with Crippen molar-refractivity contribution in [1.29, 1.82) is 0 Å². The Bertz CT molecular complexity index is 416. The van der Waals surface area contributed by atoms with Gasteiger partial charge in [0.1, 0.15) is 0 Å². The van der Waals surface area contributed by atoms with Gasteiger partial charge in [0, 0.05) is 0 Å². The van der Waals surface area contributed by atoms with E-state index in [9.17, 15) is 8.42 Å². The van der Waals surface area contributed by atoms with E-state index in [4.69, 9.17) is 5.11 Å². The van der Waals surface area contributed by atoms with Gasteiger partial charge in [-0.3, -0.25) is 5.10 Å². The van der Waals surface area contributed by atoms with E-state index >= 15 is 0 Å². The third-order valence-electron chi connectivity index (χ3n) is 2.73. The lowest BCUT2D eigenvalue weighted by Gasteiger charge is -2.40. The zero-order valence-electron chi connectivity index (χ0n) is 8.10. The standard InChI is InChI=1S/C8H13N3O3S/c12-6-8(3-1-4-8)11-15(13,14)7-2-5-9-10-7/h2,5,11-12H,1,3-4,6H2,(H,9,10). The van der Waals surface area contributed by atoms with Crippen molar-refractivity contribution in [3.63, 3.8) is 0 Å². The highest BCUT2D eigenvalue weighted by molar-refractivity contribution is 7.89. The molecule has 1 aromatic heterocycles. The van der Waals surface area contributed by atoms with E-state index in [2.05, 4.69) is 14.9 Å². The number of nitrogens with one attached hydrogen (secondary N) is 2. The first-order valence-electron chi connectivity index (χ1n) is 4.72. The van der Waals surface area contributed by atoms with E-state index < -0.39 is 15.6 Å². The second-order valence-corrected chi connectivity index (χ2v) is 5.47. The van der Waals surface area contributed by atoms with E-state index in [0.29, 0.717) is 12.8 Å². The maximum absolute atomic E-state index is 11.8. The van der Waals surface area contributed by atoms with E-state index in [0.717, 1.165) is 6.42 Å². The van der Waals surface area contributed by atoms with Gasteiger partial charge in [0.15, 0.2) is 5.03 Å². The van der Waals surface area contributed by atoms with Crippen molar-refractivity contribution in [2.75, 3.05) is 6.61 Å². The van der Waals surface area contributed by atoms with Crippen molar-refractivity contribution < 1.29 is 13.5 Å². The summed E-state index contributed by atoms with van der Waals surface area (Å²) in [4.78, 5) is 0. The first-order chi connectivity index (χ1) is 7.08. The molecule has 3 N–H and O–H groups in total. The molecule has 7 heteroatoms. The van der Waals surface area contributed by atoms with Crippen LogP contribution in [0, 0.1) is 0 Å². The van der Waals surface area contributed by atoms with Gasteiger partial charge in [-0.15, -0.1) is 0 Å². The highest BCUT2D eigenvalue weighted by Gasteiger charge is 2.40. The van der Waals surface area contributed by atoms with Crippen LogP contribution in [0.4, 0.5) is 0 Å². The van der Waals surface area contributed by atoms with Crippen LogP contribution in [0.2, 0.25) is 0 Å². The molecule has 0 aromatic carbocycles. The lowest BCUT2D eigenvalue weighted by Crippen LogP contribution is -2.56. The number of aliphatic hydroxyl groups is 1. The summed E-state index contributed by atoms with van der Waals surface area (Å²) in [6.07, 6.45) is 3.67. The maximum Gasteiger partial charge on any atom is 0.258 e. The van der Waals surface area contributed by atoms with Gasteiger partial charge >= 0.3 is 0 Å². The van der Waals surface area contributed by atoms with E-state index in [1.165, 1.54) is 12.3 Å². The topological polar surface area (TPSA) is 95.1 Å². The van der Waals surface area contributed by atoms with Crippen molar-refractivity contribution in [1.82, 2.24) is 14.9 Å². The van der Waals surface area contributed by atoms with Gasteiger partial charge in [0.25, 0.3) is 10.0 Å². The Morgan fingerprint density at radius 3 is 2.73 bits per heavy atom. The largest absolute Gasteiger partial charge is 0.394 e. The van der Waals surface area contributed by atoms with Gasteiger partial charge < -0.3 is 5.11 Å². The summed E-state index contributed by atoms with van der Waals surface area (Å²) < 4.78 is 26.0. The van der Waals surface area contributed by atoms with E-state index in [1.54, 1.807) is 0 Å². The van der Waals surface area contributed by atoms with Crippen LogP contribution in [0.5, 0.6) is 0 Å². The Labute approximate surface area is 87.8 Å². The van der Waals surface area contributed by atoms with Crippen LogP contribution >= 0.6 is 0 Å². The fourth-order valence-electron chi connectivity index (χ4n) is 1.63. The van der Waals surface area contributed by atoms with E-state index in [-0.39, 0.29) is 11.6 Å². The number of aromatic nitrogens is 2. The molecule has 0 amide bonds. The Morgan fingerprint density at radius 2 is 2.33 bits per heavy atom. The minimum atomic E-state index is -3.58. The molecule has 1 aliphatic carbocycles. The number of aliphatic hydroxyl groups excluding tert-OH is 1. The van der Waals surface area contributed by atoms with Crippen molar-refractivity contribution >= 4 is 10.0 Å². The summed E-state index contributed by atoms with van der Waals surface area (Å²) in [6, 6.07) is 1.38. The molecule has 2 rings (SSSR count). The molecule has 1 fully saturated rings. The average Bonchev–Trinajstić information content (AvgIpc) is 2.64. The van der Waals surface area contributed by atoms with E-state index in [1.807, 2.05) is 0 Å². The molecule has 15 heavy (non-hydrogen) atoms. The minimum absolute atomic E-state index is 0.0298. The number of hydrogen-bond donors (Lipinski definition) is 3. The minimum Gasteiger partial charge on any atom is -0.394 e. The highest BCUT2D eigenvalue weighted by atomic mass is 32.2. The molecule has 0 spiro atoms. The summed E-state index contributed by atoms with van der Waals surface area (Å²) in [5.74, 6) is 0. The van der Waals surface area contributed by atoms with Gasteiger partial charge in [0.05, 0.1) is 18.3 Å². The summed E-state index contributed by atoms with van der Waals surface area (Å²) in [5, 5.41) is 15.1. The van der Waals surface area contributed by atoms with Gasteiger partial charge in [0.2, 0.25) is 0 Å². The molecule has 6 nitrogen and oxygen atoms in total. The fraction of sp³-hybridized carbons (Fsp3) is 0.625. The predicted molar refractivity (Wildman–Crippen MR) is 52.6 cm³/mol. The molecule has 0 saturated heterocycles. The van der Waals surface area contributed by atoms with Crippen LogP contribution in [-0.4, -0.2) is 35.9 Å². The Hall–Kier alpha value is -0.920. The van der Waals surface area contributed by atoms with Gasteiger partial charge in [-0.25, -0.2) is 13.1 Å². The smallest absolute Gasteiger partial charge is 0.258 e. The van der Waals surface area contributed by atoms with Crippen molar-refractivity contribution in [3.8, 4) is 0 Å².